The first kappa shape index (κ1) is 21.5. The van der Waals surface area contributed by atoms with Gasteiger partial charge in [-0.25, -0.2) is 4.79 Å². The van der Waals surface area contributed by atoms with Crippen LogP contribution < -0.4 is 5.32 Å². The fraction of sp³-hybridized carbons (Fsp3) is 0.526. The van der Waals surface area contributed by atoms with Crippen LogP contribution in [-0.2, 0) is 25.6 Å². The zero-order valence-corrected chi connectivity index (χ0v) is 16.1. The Balaban J connectivity index is 2.69. The molecule has 0 saturated carbocycles. The van der Waals surface area contributed by atoms with E-state index in [9.17, 15) is 14.4 Å². The van der Waals surface area contributed by atoms with Crippen molar-refractivity contribution >= 4 is 18.0 Å². The molecule has 0 bridgehead atoms. The van der Waals surface area contributed by atoms with Gasteiger partial charge in [0.2, 0.25) is 5.91 Å². The van der Waals surface area contributed by atoms with Crippen molar-refractivity contribution in [2.75, 3.05) is 13.7 Å². The average Bonchev–Trinajstić information content (AvgIpc) is 2.52. The molecule has 0 radical (unpaired) electrons. The van der Waals surface area contributed by atoms with Gasteiger partial charge < -0.3 is 19.7 Å². The molecule has 1 N–H and O–H groups in total. The van der Waals surface area contributed by atoms with Crippen molar-refractivity contribution in [1.82, 2.24) is 10.2 Å². The third kappa shape index (κ3) is 8.50. The van der Waals surface area contributed by atoms with Crippen molar-refractivity contribution < 1.29 is 23.9 Å². The molecule has 1 rings (SSSR count). The Kier molecular flexibility index (Phi) is 8.09. The molecule has 0 aliphatic rings. The highest BCUT2D eigenvalue weighted by atomic mass is 16.6. The normalized spacial score (nSPS) is 12.0. The van der Waals surface area contributed by atoms with E-state index in [2.05, 4.69) is 10.1 Å². The molecule has 144 valence electrons. The summed E-state index contributed by atoms with van der Waals surface area (Å²) in [4.78, 5) is 37.4. The maximum atomic E-state index is 12.6. The van der Waals surface area contributed by atoms with Gasteiger partial charge in [0.05, 0.1) is 7.11 Å². The zero-order valence-electron chi connectivity index (χ0n) is 16.1. The molecule has 0 heterocycles. The summed E-state index contributed by atoms with van der Waals surface area (Å²) in [7, 11) is 1.28. The number of hydrogen-bond acceptors (Lipinski definition) is 5. The lowest BCUT2D eigenvalue weighted by molar-refractivity contribution is -0.147. The topological polar surface area (TPSA) is 84.9 Å². The quantitative estimate of drug-likeness (QED) is 0.752. The monoisotopic (exact) mass is 364 g/mol. The Morgan fingerprint density at radius 2 is 1.77 bits per heavy atom. The minimum absolute atomic E-state index is 0.0447. The predicted octanol–water partition coefficient (Wildman–Crippen LogP) is 2.49. The third-order valence-corrected chi connectivity index (χ3v) is 3.36. The van der Waals surface area contributed by atoms with E-state index in [1.165, 1.54) is 12.0 Å². The summed E-state index contributed by atoms with van der Waals surface area (Å²) in [5.74, 6) is -0.759. The molecular formula is C19H28N2O5. The first-order chi connectivity index (χ1) is 12.1. The number of rotatable bonds is 7. The smallest absolute Gasteiger partial charge is 0.407 e. The molecule has 0 unspecified atom stereocenters. The maximum Gasteiger partial charge on any atom is 0.407 e. The molecular weight excluding hydrogens is 336 g/mol. The lowest BCUT2D eigenvalue weighted by Crippen LogP contribution is -2.42. The minimum Gasteiger partial charge on any atom is -0.468 e. The number of hydrogen-bond donors (Lipinski definition) is 1. The second kappa shape index (κ2) is 9.79. The lowest BCUT2D eigenvalue weighted by atomic mass is 10.1. The Labute approximate surface area is 154 Å². The summed E-state index contributed by atoms with van der Waals surface area (Å²) in [5, 5.41) is 2.63. The molecule has 7 nitrogen and oxygen atoms in total. The highest BCUT2D eigenvalue weighted by Gasteiger charge is 2.23. The molecule has 1 aromatic carbocycles. The standard InChI is InChI=1S/C19H28N2O5/c1-14(20-18(24)26-19(2,3)4)11-16(22)21(13-17(23)25-5)12-15-9-7-6-8-10-15/h6-10,14H,11-13H2,1-5H3,(H,20,24)/t14-/m0/s1. The lowest BCUT2D eigenvalue weighted by Gasteiger charge is -2.25. The van der Waals surface area contributed by atoms with Crippen molar-refractivity contribution in [3.8, 4) is 0 Å². The number of alkyl carbamates (subject to hydrolysis) is 1. The number of benzene rings is 1. The van der Waals surface area contributed by atoms with Crippen molar-refractivity contribution in [1.29, 1.82) is 0 Å². The molecule has 0 aliphatic heterocycles. The SMILES string of the molecule is COC(=O)CN(Cc1ccccc1)C(=O)C[C@H](C)NC(=O)OC(C)(C)C. The van der Waals surface area contributed by atoms with Gasteiger partial charge >= 0.3 is 12.1 Å². The van der Waals surface area contributed by atoms with Crippen LogP contribution in [-0.4, -0.2) is 48.2 Å². The van der Waals surface area contributed by atoms with E-state index in [1.807, 2.05) is 30.3 Å². The van der Waals surface area contributed by atoms with E-state index >= 15 is 0 Å². The maximum absolute atomic E-state index is 12.6. The van der Waals surface area contributed by atoms with Gasteiger partial charge in [0, 0.05) is 19.0 Å². The number of carbonyl (C=O) groups is 3. The highest BCUT2D eigenvalue weighted by Crippen LogP contribution is 2.10. The van der Waals surface area contributed by atoms with Gasteiger partial charge in [0.25, 0.3) is 0 Å². The summed E-state index contributed by atoms with van der Waals surface area (Å²) in [6.07, 6.45) is -0.538. The van der Waals surface area contributed by atoms with E-state index in [0.717, 1.165) is 5.56 Å². The van der Waals surface area contributed by atoms with Crippen LogP contribution >= 0.6 is 0 Å². The molecule has 26 heavy (non-hydrogen) atoms. The van der Waals surface area contributed by atoms with Crippen LogP contribution in [0.1, 0.15) is 39.7 Å². The van der Waals surface area contributed by atoms with Crippen LogP contribution in [0.25, 0.3) is 0 Å². The molecule has 7 heteroatoms. The van der Waals surface area contributed by atoms with Crippen LogP contribution in [0, 0.1) is 0 Å². The van der Waals surface area contributed by atoms with Gasteiger partial charge in [-0.3, -0.25) is 9.59 Å². The average molecular weight is 364 g/mol. The van der Waals surface area contributed by atoms with E-state index < -0.39 is 23.7 Å². The van der Waals surface area contributed by atoms with Gasteiger partial charge in [-0.15, -0.1) is 0 Å². The van der Waals surface area contributed by atoms with Crippen LogP contribution in [0.5, 0.6) is 0 Å². The molecule has 0 fully saturated rings. The second-order valence-corrected chi connectivity index (χ2v) is 7.06. The Morgan fingerprint density at radius 1 is 1.15 bits per heavy atom. The van der Waals surface area contributed by atoms with Crippen molar-refractivity contribution in [3.05, 3.63) is 35.9 Å². The first-order valence-corrected chi connectivity index (χ1v) is 8.48. The first-order valence-electron chi connectivity index (χ1n) is 8.48. The number of amides is 2. The van der Waals surface area contributed by atoms with E-state index in [-0.39, 0.29) is 25.4 Å². The predicted molar refractivity (Wildman–Crippen MR) is 97.3 cm³/mol. The summed E-state index contributed by atoms with van der Waals surface area (Å²) < 4.78 is 9.85. The van der Waals surface area contributed by atoms with Crippen molar-refractivity contribution in [2.45, 2.75) is 52.3 Å². The van der Waals surface area contributed by atoms with Crippen molar-refractivity contribution in [2.24, 2.45) is 0 Å². The fourth-order valence-corrected chi connectivity index (χ4v) is 2.21. The van der Waals surface area contributed by atoms with Crippen LogP contribution in [0.15, 0.2) is 30.3 Å². The largest absolute Gasteiger partial charge is 0.468 e. The molecule has 0 aliphatic carbocycles. The van der Waals surface area contributed by atoms with Gasteiger partial charge in [-0.1, -0.05) is 30.3 Å². The van der Waals surface area contributed by atoms with Gasteiger partial charge in [-0.2, -0.15) is 0 Å². The fourth-order valence-electron chi connectivity index (χ4n) is 2.21. The number of carbonyl (C=O) groups excluding carboxylic acids is 3. The van der Waals surface area contributed by atoms with Crippen LogP contribution in [0.4, 0.5) is 4.79 Å². The van der Waals surface area contributed by atoms with Crippen LogP contribution in [0.3, 0.4) is 0 Å². The third-order valence-electron chi connectivity index (χ3n) is 3.36. The van der Waals surface area contributed by atoms with Gasteiger partial charge in [-0.05, 0) is 33.3 Å². The Morgan fingerprint density at radius 3 is 2.31 bits per heavy atom. The molecule has 1 aromatic rings. The summed E-state index contributed by atoms with van der Waals surface area (Å²) in [6.45, 7) is 7.14. The number of esters is 1. The second-order valence-electron chi connectivity index (χ2n) is 7.06. The molecule has 2 amide bonds. The van der Waals surface area contributed by atoms with Crippen LogP contribution in [0.2, 0.25) is 0 Å². The molecule has 0 aromatic heterocycles. The van der Waals surface area contributed by atoms with E-state index in [1.54, 1.807) is 27.7 Å². The van der Waals surface area contributed by atoms with E-state index in [0.29, 0.717) is 0 Å². The van der Waals surface area contributed by atoms with Gasteiger partial charge in [0.15, 0.2) is 0 Å². The minimum atomic E-state index is -0.613. The Bertz CT molecular complexity index is 610. The molecule has 0 spiro atoms. The number of nitrogens with zero attached hydrogens (tertiary/aromatic N) is 1. The summed E-state index contributed by atoms with van der Waals surface area (Å²) in [5.41, 5.74) is 0.287. The molecule has 1 atom stereocenters. The zero-order chi connectivity index (χ0) is 19.7. The Hall–Kier alpha value is -2.57. The number of methoxy groups -OCH3 is 1. The van der Waals surface area contributed by atoms with E-state index in [4.69, 9.17) is 4.74 Å². The van der Waals surface area contributed by atoms with Crippen molar-refractivity contribution in [3.63, 3.8) is 0 Å². The highest BCUT2D eigenvalue weighted by molar-refractivity contribution is 5.82. The number of nitrogens with one attached hydrogen (secondary N) is 1. The van der Waals surface area contributed by atoms with Gasteiger partial charge in [0.1, 0.15) is 12.1 Å². The molecule has 0 saturated heterocycles. The summed E-state index contributed by atoms with van der Waals surface area (Å²) in [6, 6.07) is 8.92. The number of ether oxygens (including phenoxy) is 2. The summed E-state index contributed by atoms with van der Waals surface area (Å²) >= 11 is 0.